The number of thiophene rings is 1. The van der Waals surface area contributed by atoms with Gasteiger partial charge in [-0.1, -0.05) is 12.1 Å². The Bertz CT molecular complexity index is 619. The monoisotopic (exact) mass is 275 g/mol. The number of carbonyl (C=O) groups excluding carboxylic acids is 1. The lowest BCUT2D eigenvalue weighted by Gasteiger charge is -2.07. The van der Waals surface area contributed by atoms with Gasteiger partial charge in [0.15, 0.2) is 0 Å². The molecule has 0 fully saturated rings. The zero-order chi connectivity index (χ0) is 13.8. The topological polar surface area (TPSA) is 66.4 Å². The van der Waals surface area contributed by atoms with Crippen LogP contribution in [-0.2, 0) is 6.54 Å². The highest BCUT2D eigenvalue weighted by Crippen LogP contribution is 2.15. The first kappa shape index (κ1) is 13.3. The molecule has 0 saturated carbocycles. The number of carboxylic acids is 1. The van der Waals surface area contributed by atoms with Crippen LogP contribution in [0.4, 0.5) is 0 Å². The van der Waals surface area contributed by atoms with Crippen LogP contribution in [0.5, 0.6) is 0 Å². The summed E-state index contributed by atoms with van der Waals surface area (Å²) in [6.45, 7) is 2.39. The van der Waals surface area contributed by atoms with Gasteiger partial charge in [-0.05, 0) is 36.1 Å². The molecule has 2 rings (SSSR count). The van der Waals surface area contributed by atoms with Crippen LogP contribution in [0.3, 0.4) is 0 Å². The molecule has 2 N–H and O–H groups in total. The Labute approximate surface area is 114 Å². The molecule has 2 aromatic rings. The lowest BCUT2D eigenvalue weighted by Crippen LogP contribution is -2.24. The van der Waals surface area contributed by atoms with Crippen LogP contribution in [0, 0.1) is 6.92 Å². The van der Waals surface area contributed by atoms with Crippen molar-refractivity contribution in [2.75, 3.05) is 0 Å². The van der Waals surface area contributed by atoms with Crippen LogP contribution in [0.15, 0.2) is 35.7 Å². The van der Waals surface area contributed by atoms with Crippen molar-refractivity contribution in [1.29, 1.82) is 0 Å². The molecule has 1 aromatic carbocycles. The van der Waals surface area contributed by atoms with E-state index in [1.54, 1.807) is 23.5 Å². The minimum atomic E-state index is -1.10. The summed E-state index contributed by atoms with van der Waals surface area (Å²) in [6, 6.07) is 8.17. The molecule has 0 radical (unpaired) electrons. The summed E-state index contributed by atoms with van der Waals surface area (Å²) in [5, 5.41) is 13.7. The fourth-order valence-electron chi connectivity index (χ4n) is 1.71. The second-order valence-electron chi connectivity index (χ2n) is 4.06. The number of nitrogens with one attached hydrogen (secondary N) is 1. The molecule has 1 amide bonds. The highest BCUT2D eigenvalue weighted by atomic mass is 32.1. The Morgan fingerprint density at radius 3 is 2.47 bits per heavy atom. The fraction of sp³-hybridized carbons (Fsp3) is 0.143. The summed E-state index contributed by atoms with van der Waals surface area (Å²) in [5.41, 5.74) is 1.32. The van der Waals surface area contributed by atoms with E-state index in [-0.39, 0.29) is 17.0 Å². The number of hydrogen-bond acceptors (Lipinski definition) is 3. The second kappa shape index (κ2) is 5.67. The molecular weight excluding hydrogens is 262 g/mol. The maximum atomic E-state index is 12.0. The number of carbonyl (C=O) groups is 2. The number of aromatic carboxylic acids is 1. The first-order valence-corrected chi connectivity index (χ1v) is 6.61. The van der Waals surface area contributed by atoms with Crippen LogP contribution in [-0.4, -0.2) is 17.0 Å². The third kappa shape index (κ3) is 3.00. The standard InChI is InChI=1S/C14H13NO3S/c1-9-6-7-19-12(9)8-15-13(16)10-4-2-3-5-11(10)14(17)18/h2-7H,8H2,1H3,(H,15,16)(H,17,18). The van der Waals surface area contributed by atoms with Crippen molar-refractivity contribution in [3.63, 3.8) is 0 Å². The molecule has 19 heavy (non-hydrogen) atoms. The molecule has 98 valence electrons. The average Bonchev–Trinajstić information content (AvgIpc) is 2.81. The number of rotatable bonds is 4. The highest BCUT2D eigenvalue weighted by molar-refractivity contribution is 7.10. The van der Waals surface area contributed by atoms with Crippen molar-refractivity contribution in [2.45, 2.75) is 13.5 Å². The molecule has 0 saturated heterocycles. The molecule has 0 unspecified atom stereocenters. The molecule has 5 heteroatoms. The van der Waals surface area contributed by atoms with E-state index in [0.717, 1.165) is 10.4 Å². The molecule has 0 bridgehead atoms. The zero-order valence-electron chi connectivity index (χ0n) is 10.3. The number of amides is 1. The second-order valence-corrected chi connectivity index (χ2v) is 5.06. The van der Waals surface area contributed by atoms with Crippen molar-refractivity contribution >= 4 is 23.2 Å². The van der Waals surface area contributed by atoms with Gasteiger partial charge in [-0.15, -0.1) is 11.3 Å². The lowest BCUT2D eigenvalue weighted by molar-refractivity contribution is 0.0691. The maximum Gasteiger partial charge on any atom is 0.336 e. The summed E-state index contributed by atoms with van der Waals surface area (Å²) in [6.07, 6.45) is 0. The number of hydrogen-bond donors (Lipinski definition) is 2. The Kier molecular flexibility index (Phi) is 3.97. The molecule has 1 aromatic heterocycles. The van der Waals surface area contributed by atoms with Crippen molar-refractivity contribution < 1.29 is 14.7 Å². The van der Waals surface area contributed by atoms with Crippen LogP contribution in [0.25, 0.3) is 0 Å². The maximum absolute atomic E-state index is 12.0. The minimum Gasteiger partial charge on any atom is -0.478 e. The number of aryl methyl sites for hydroxylation is 1. The molecular formula is C14H13NO3S. The molecule has 0 aliphatic carbocycles. The van der Waals surface area contributed by atoms with Crippen molar-refractivity contribution in [1.82, 2.24) is 5.32 Å². The number of benzene rings is 1. The van der Waals surface area contributed by atoms with Gasteiger partial charge in [-0.3, -0.25) is 4.79 Å². The zero-order valence-corrected chi connectivity index (χ0v) is 11.2. The van der Waals surface area contributed by atoms with Gasteiger partial charge >= 0.3 is 5.97 Å². The molecule has 1 heterocycles. The molecule has 0 aliphatic heterocycles. The van der Waals surface area contributed by atoms with E-state index in [2.05, 4.69) is 5.32 Å². The first-order chi connectivity index (χ1) is 9.09. The van der Waals surface area contributed by atoms with E-state index >= 15 is 0 Å². The van der Waals surface area contributed by atoms with Gasteiger partial charge in [0.25, 0.3) is 5.91 Å². The van der Waals surface area contributed by atoms with Gasteiger partial charge < -0.3 is 10.4 Å². The average molecular weight is 275 g/mol. The SMILES string of the molecule is Cc1ccsc1CNC(=O)c1ccccc1C(=O)O. The van der Waals surface area contributed by atoms with E-state index in [1.807, 2.05) is 18.4 Å². The van der Waals surface area contributed by atoms with Gasteiger partial charge in [-0.2, -0.15) is 0 Å². The molecule has 4 nitrogen and oxygen atoms in total. The van der Waals surface area contributed by atoms with Crippen LogP contribution in [0.1, 0.15) is 31.2 Å². The Hall–Kier alpha value is -2.14. The highest BCUT2D eigenvalue weighted by Gasteiger charge is 2.15. The third-order valence-electron chi connectivity index (χ3n) is 2.78. The summed E-state index contributed by atoms with van der Waals surface area (Å²) in [5.74, 6) is -1.47. The van der Waals surface area contributed by atoms with Gasteiger partial charge in [0, 0.05) is 4.88 Å². The fourth-order valence-corrected chi connectivity index (χ4v) is 2.55. The van der Waals surface area contributed by atoms with E-state index in [0.29, 0.717) is 6.54 Å². The van der Waals surface area contributed by atoms with E-state index in [1.165, 1.54) is 12.1 Å². The summed E-state index contributed by atoms with van der Waals surface area (Å²) >= 11 is 1.57. The summed E-state index contributed by atoms with van der Waals surface area (Å²) < 4.78 is 0. The van der Waals surface area contributed by atoms with Crippen LogP contribution < -0.4 is 5.32 Å². The van der Waals surface area contributed by atoms with E-state index in [4.69, 9.17) is 5.11 Å². The predicted octanol–water partition coefficient (Wildman–Crippen LogP) is 2.68. The number of carboxylic acid groups (broad SMARTS) is 1. The largest absolute Gasteiger partial charge is 0.478 e. The normalized spacial score (nSPS) is 10.2. The Morgan fingerprint density at radius 2 is 1.89 bits per heavy atom. The van der Waals surface area contributed by atoms with Gasteiger partial charge in [0.2, 0.25) is 0 Å². The smallest absolute Gasteiger partial charge is 0.336 e. The predicted molar refractivity (Wildman–Crippen MR) is 73.6 cm³/mol. The van der Waals surface area contributed by atoms with Gasteiger partial charge in [0.05, 0.1) is 17.7 Å². The Morgan fingerprint density at radius 1 is 1.21 bits per heavy atom. The first-order valence-electron chi connectivity index (χ1n) is 5.73. The van der Waals surface area contributed by atoms with Gasteiger partial charge in [-0.25, -0.2) is 4.79 Å². The molecule has 0 spiro atoms. The van der Waals surface area contributed by atoms with Crippen molar-refractivity contribution in [3.05, 3.63) is 57.3 Å². The molecule has 0 atom stereocenters. The van der Waals surface area contributed by atoms with Gasteiger partial charge in [0.1, 0.15) is 0 Å². The molecule has 0 aliphatic rings. The van der Waals surface area contributed by atoms with Crippen molar-refractivity contribution in [3.8, 4) is 0 Å². The van der Waals surface area contributed by atoms with Crippen LogP contribution >= 0.6 is 11.3 Å². The van der Waals surface area contributed by atoms with Crippen LogP contribution in [0.2, 0.25) is 0 Å². The quantitative estimate of drug-likeness (QED) is 0.901. The lowest BCUT2D eigenvalue weighted by atomic mass is 10.1. The van der Waals surface area contributed by atoms with Crippen molar-refractivity contribution in [2.24, 2.45) is 0 Å². The summed E-state index contributed by atoms with van der Waals surface area (Å²) in [4.78, 5) is 24.1. The van der Waals surface area contributed by atoms with E-state index < -0.39 is 5.97 Å². The summed E-state index contributed by atoms with van der Waals surface area (Å²) in [7, 11) is 0. The Balaban J connectivity index is 2.13. The third-order valence-corrected chi connectivity index (χ3v) is 3.80. The van der Waals surface area contributed by atoms with E-state index in [9.17, 15) is 9.59 Å². The minimum absolute atomic E-state index is 0.0166.